The number of hydrogen-bond acceptors (Lipinski definition) is 5. The number of pyridine rings is 1. The molecule has 0 saturated heterocycles. The van der Waals surface area contributed by atoms with Gasteiger partial charge in [0.25, 0.3) is 0 Å². The monoisotopic (exact) mass is 249 g/mol. The summed E-state index contributed by atoms with van der Waals surface area (Å²) < 4.78 is 4.63. The number of aromatic nitrogens is 1. The lowest BCUT2D eigenvalue weighted by Gasteiger charge is -2.13. The number of rotatable bonds is 2. The molecule has 0 fully saturated rings. The highest BCUT2D eigenvalue weighted by molar-refractivity contribution is 7.99. The number of Topliss-reactive ketones (excluding diaryl/α,β-unsaturated/α-hetero) is 1. The Hall–Kier alpha value is -1.62. The van der Waals surface area contributed by atoms with Crippen LogP contribution in [0.1, 0.15) is 22.8 Å². The normalized spacial score (nSPS) is 13.6. The van der Waals surface area contributed by atoms with E-state index in [0.29, 0.717) is 11.3 Å². The van der Waals surface area contributed by atoms with Gasteiger partial charge in [0, 0.05) is 23.1 Å². The molecule has 0 aromatic carbocycles. The molecule has 0 radical (unpaired) electrons. The SMILES string of the molecule is COC(=O)c1cnc2c(c1)C=C(C(C)=O)CS2. The van der Waals surface area contributed by atoms with Crippen molar-refractivity contribution in [2.24, 2.45) is 0 Å². The van der Waals surface area contributed by atoms with Crippen LogP contribution in [0.15, 0.2) is 22.9 Å². The summed E-state index contributed by atoms with van der Waals surface area (Å²) in [5, 5.41) is 0.836. The second kappa shape index (κ2) is 4.71. The first-order valence-electron chi connectivity index (χ1n) is 5.04. The summed E-state index contributed by atoms with van der Waals surface area (Å²) in [5.41, 5.74) is 1.94. The summed E-state index contributed by atoms with van der Waals surface area (Å²) in [5.74, 6) is 0.257. The van der Waals surface area contributed by atoms with Crippen molar-refractivity contribution in [2.45, 2.75) is 11.9 Å². The van der Waals surface area contributed by atoms with Crippen molar-refractivity contribution in [2.75, 3.05) is 12.9 Å². The van der Waals surface area contributed by atoms with Gasteiger partial charge in [-0.1, -0.05) is 0 Å². The van der Waals surface area contributed by atoms with Crippen LogP contribution >= 0.6 is 11.8 Å². The Kier molecular flexibility index (Phi) is 3.28. The fraction of sp³-hybridized carbons (Fsp3) is 0.250. The molecular formula is C12H11NO3S. The molecule has 0 unspecified atom stereocenters. The summed E-state index contributed by atoms with van der Waals surface area (Å²) in [4.78, 5) is 26.8. The van der Waals surface area contributed by atoms with E-state index >= 15 is 0 Å². The second-order valence-corrected chi connectivity index (χ2v) is 4.59. The van der Waals surface area contributed by atoms with E-state index in [1.165, 1.54) is 32.0 Å². The van der Waals surface area contributed by atoms with E-state index in [-0.39, 0.29) is 5.78 Å². The van der Waals surface area contributed by atoms with Crippen LogP contribution in [0.3, 0.4) is 0 Å². The third-order valence-corrected chi connectivity index (χ3v) is 3.52. The van der Waals surface area contributed by atoms with E-state index < -0.39 is 5.97 Å². The molecule has 2 heterocycles. The predicted molar refractivity (Wildman–Crippen MR) is 65.0 cm³/mol. The van der Waals surface area contributed by atoms with Crippen molar-refractivity contribution < 1.29 is 14.3 Å². The Balaban J connectivity index is 2.42. The lowest BCUT2D eigenvalue weighted by Crippen LogP contribution is -2.07. The van der Waals surface area contributed by atoms with E-state index in [2.05, 4.69) is 9.72 Å². The molecule has 1 aromatic rings. The third kappa shape index (κ3) is 2.39. The van der Waals surface area contributed by atoms with Gasteiger partial charge in [-0.3, -0.25) is 4.79 Å². The summed E-state index contributed by atoms with van der Waals surface area (Å²) in [7, 11) is 1.33. The maximum absolute atomic E-state index is 11.4. The van der Waals surface area contributed by atoms with E-state index in [9.17, 15) is 9.59 Å². The molecule has 17 heavy (non-hydrogen) atoms. The van der Waals surface area contributed by atoms with E-state index in [0.717, 1.165) is 16.2 Å². The van der Waals surface area contributed by atoms with Crippen molar-refractivity contribution in [3.8, 4) is 0 Å². The third-order valence-electron chi connectivity index (χ3n) is 2.45. The Morgan fingerprint density at radius 2 is 2.24 bits per heavy atom. The molecule has 0 spiro atoms. The maximum atomic E-state index is 11.4. The number of methoxy groups -OCH3 is 1. The second-order valence-electron chi connectivity index (χ2n) is 3.62. The largest absolute Gasteiger partial charge is 0.465 e. The van der Waals surface area contributed by atoms with Crippen molar-refractivity contribution in [3.05, 3.63) is 29.0 Å². The van der Waals surface area contributed by atoms with Gasteiger partial charge < -0.3 is 4.74 Å². The van der Waals surface area contributed by atoms with Gasteiger partial charge in [-0.2, -0.15) is 0 Å². The number of carbonyl (C=O) groups excluding carboxylic acids is 2. The average Bonchev–Trinajstić information content (AvgIpc) is 2.36. The Bertz CT molecular complexity index is 522. The maximum Gasteiger partial charge on any atom is 0.339 e. The van der Waals surface area contributed by atoms with E-state index in [4.69, 9.17) is 0 Å². The first-order chi connectivity index (χ1) is 8.11. The van der Waals surface area contributed by atoms with Crippen LogP contribution in [0.4, 0.5) is 0 Å². The molecule has 88 valence electrons. The van der Waals surface area contributed by atoms with Gasteiger partial charge in [-0.05, 0) is 19.1 Å². The fourth-order valence-corrected chi connectivity index (χ4v) is 2.49. The molecular weight excluding hydrogens is 238 g/mol. The molecule has 0 N–H and O–H groups in total. The molecule has 0 amide bonds. The van der Waals surface area contributed by atoms with E-state index in [1.807, 2.05) is 0 Å². The summed E-state index contributed by atoms with van der Waals surface area (Å²) in [6.07, 6.45) is 3.28. The van der Waals surface area contributed by atoms with Gasteiger partial charge in [0.05, 0.1) is 12.7 Å². The number of hydrogen-bond donors (Lipinski definition) is 0. The summed E-state index contributed by atoms with van der Waals surface area (Å²) >= 11 is 1.50. The van der Waals surface area contributed by atoms with Gasteiger partial charge in [0.1, 0.15) is 5.03 Å². The lowest BCUT2D eigenvalue weighted by atomic mass is 10.1. The molecule has 1 aliphatic rings. The molecule has 2 rings (SSSR count). The quantitative estimate of drug-likeness (QED) is 0.750. The summed E-state index contributed by atoms with van der Waals surface area (Å²) in [6.45, 7) is 1.54. The Morgan fingerprint density at radius 1 is 1.47 bits per heavy atom. The van der Waals surface area contributed by atoms with Crippen LogP contribution in [0.25, 0.3) is 6.08 Å². The minimum atomic E-state index is -0.423. The number of thioether (sulfide) groups is 1. The minimum absolute atomic E-state index is 0.0478. The molecule has 0 atom stereocenters. The van der Waals surface area contributed by atoms with Gasteiger partial charge in [-0.25, -0.2) is 9.78 Å². The molecule has 1 aromatic heterocycles. The minimum Gasteiger partial charge on any atom is -0.465 e. The topological polar surface area (TPSA) is 56.3 Å². The molecule has 0 aliphatic carbocycles. The highest BCUT2D eigenvalue weighted by atomic mass is 32.2. The van der Waals surface area contributed by atoms with Crippen molar-refractivity contribution in [1.82, 2.24) is 4.98 Å². The van der Waals surface area contributed by atoms with Crippen LogP contribution in [0, 0.1) is 0 Å². The number of nitrogens with zero attached hydrogens (tertiary/aromatic N) is 1. The fourth-order valence-electron chi connectivity index (χ4n) is 1.50. The zero-order valence-electron chi connectivity index (χ0n) is 9.52. The van der Waals surface area contributed by atoms with Crippen molar-refractivity contribution >= 4 is 29.6 Å². The highest BCUT2D eigenvalue weighted by Crippen LogP contribution is 2.30. The van der Waals surface area contributed by atoms with E-state index in [1.54, 1.807) is 12.1 Å². The standard InChI is InChI=1S/C12H11NO3S/c1-7(14)10-4-8-3-9(12(15)16-2)5-13-11(8)17-6-10/h3-5H,6H2,1-2H3. The number of ether oxygens (including phenoxy) is 1. The van der Waals surface area contributed by atoms with Crippen LogP contribution in [0.2, 0.25) is 0 Å². The van der Waals surface area contributed by atoms with Crippen LogP contribution in [0.5, 0.6) is 0 Å². The molecule has 1 aliphatic heterocycles. The number of esters is 1. The first kappa shape index (κ1) is 11.9. The number of carbonyl (C=O) groups is 2. The molecule has 5 heteroatoms. The van der Waals surface area contributed by atoms with Crippen molar-refractivity contribution in [1.29, 1.82) is 0 Å². The van der Waals surface area contributed by atoms with Crippen LogP contribution < -0.4 is 0 Å². The first-order valence-corrected chi connectivity index (χ1v) is 6.03. The number of ketones is 1. The smallest absolute Gasteiger partial charge is 0.339 e. The average molecular weight is 249 g/mol. The highest BCUT2D eigenvalue weighted by Gasteiger charge is 2.17. The Labute approximate surface area is 103 Å². The Morgan fingerprint density at radius 3 is 2.88 bits per heavy atom. The predicted octanol–water partition coefficient (Wildman–Crippen LogP) is 1.95. The van der Waals surface area contributed by atoms with Crippen molar-refractivity contribution in [3.63, 3.8) is 0 Å². The van der Waals surface area contributed by atoms with Gasteiger partial charge in [0.15, 0.2) is 5.78 Å². The van der Waals surface area contributed by atoms with Crippen LogP contribution in [-0.2, 0) is 9.53 Å². The number of fused-ring (bicyclic) bond motifs is 1. The van der Waals surface area contributed by atoms with Gasteiger partial charge >= 0.3 is 5.97 Å². The lowest BCUT2D eigenvalue weighted by molar-refractivity contribution is -0.113. The summed E-state index contributed by atoms with van der Waals surface area (Å²) in [6, 6.07) is 1.70. The zero-order valence-corrected chi connectivity index (χ0v) is 10.3. The zero-order chi connectivity index (χ0) is 12.4. The molecule has 0 bridgehead atoms. The van der Waals surface area contributed by atoms with Gasteiger partial charge in [0.2, 0.25) is 0 Å². The molecule has 4 nitrogen and oxygen atoms in total. The van der Waals surface area contributed by atoms with Gasteiger partial charge in [-0.15, -0.1) is 11.8 Å². The van der Waals surface area contributed by atoms with Crippen LogP contribution in [-0.4, -0.2) is 29.6 Å². The molecule has 0 saturated carbocycles.